The average Bonchev–Trinajstić information content (AvgIpc) is 3.33. The first-order valence-electron chi connectivity index (χ1n) is 10.1. The molecule has 3 aliphatic carbocycles. The molecular weight excluding hydrogens is 388 g/mol. The van der Waals surface area contributed by atoms with Gasteiger partial charge in [-0.1, -0.05) is 37.3 Å². The number of benzene rings is 1. The fourth-order valence-corrected chi connectivity index (χ4v) is 6.83. The molecule has 2 atom stereocenters. The average molecular weight is 411 g/mol. The maximum Gasteiger partial charge on any atom is 0.0345 e. The van der Waals surface area contributed by atoms with Crippen molar-refractivity contribution in [1.29, 1.82) is 0 Å². The lowest BCUT2D eigenvalue weighted by Gasteiger charge is -2.45. The van der Waals surface area contributed by atoms with Crippen LogP contribution in [0.25, 0.3) is 28.2 Å². The molecule has 2 heteroatoms. The molecule has 3 aromatic rings. The van der Waals surface area contributed by atoms with Gasteiger partial charge in [-0.3, -0.25) is 0 Å². The Morgan fingerprint density at radius 1 is 0.828 bits per heavy atom. The summed E-state index contributed by atoms with van der Waals surface area (Å²) in [5, 5.41) is 0. The molecule has 0 bridgehead atoms. The van der Waals surface area contributed by atoms with Crippen LogP contribution in [0.15, 0.2) is 66.3 Å². The van der Waals surface area contributed by atoms with Crippen LogP contribution in [0.5, 0.6) is 0 Å². The highest BCUT2D eigenvalue weighted by Crippen LogP contribution is 2.54. The van der Waals surface area contributed by atoms with Gasteiger partial charge in [-0.25, -0.2) is 0 Å². The van der Waals surface area contributed by atoms with E-state index in [2.05, 4.69) is 93.6 Å². The molecule has 6 rings (SSSR count). The summed E-state index contributed by atoms with van der Waals surface area (Å²) >= 11 is 3.77. The molecule has 2 unspecified atom stereocenters. The third-order valence-electron chi connectivity index (χ3n) is 6.63. The third kappa shape index (κ3) is 2.49. The number of rotatable bonds is 2. The van der Waals surface area contributed by atoms with E-state index in [1.807, 2.05) is 22.7 Å². The van der Waals surface area contributed by atoms with Gasteiger partial charge in [0.2, 0.25) is 0 Å². The maximum atomic E-state index is 2.48. The lowest BCUT2D eigenvalue weighted by molar-refractivity contribution is 0.471. The topological polar surface area (TPSA) is 0 Å². The van der Waals surface area contributed by atoms with Crippen molar-refractivity contribution in [2.75, 3.05) is 0 Å². The second kappa shape index (κ2) is 6.04. The molecule has 0 nitrogen and oxygen atoms in total. The van der Waals surface area contributed by atoms with Crippen molar-refractivity contribution in [2.45, 2.75) is 26.2 Å². The second-order valence-electron chi connectivity index (χ2n) is 8.49. The standard InChI is InChI=1S/C27H22S2/c1-16-4-10-24(28-16)20-12-18-6-8-22-14-21(25-11-5-17(2)29-25)15-23-9-7-19(13-20)26(18)27(22,23)3/h4-15,22H,1-3H3. The molecule has 29 heavy (non-hydrogen) atoms. The molecule has 2 aromatic heterocycles. The predicted molar refractivity (Wildman–Crippen MR) is 129 cm³/mol. The van der Waals surface area contributed by atoms with E-state index in [1.54, 1.807) is 0 Å². The van der Waals surface area contributed by atoms with E-state index in [1.165, 1.54) is 52.9 Å². The second-order valence-corrected chi connectivity index (χ2v) is 11.1. The SMILES string of the molecule is Cc1ccc(C2=CC3C=Cc4cc(-c5ccc(C)s5)cc5c4C3(C)C(=C2)C=C5)s1. The van der Waals surface area contributed by atoms with Crippen molar-refractivity contribution in [3.8, 4) is 10.4 Å². The zero-order chi connectivity index (χ0) is 19.8. The molecule has 0 radical (unpaired) electrons. The summed E-state index contributed by atoms with van der Waals surface area (Å²) in [5.74, 6) is 0.394. The van der Waals surface area contributed by atoms with Crippen molar-refractivity contribution in [2.24, 2.45) is 5.92 Å². The van der Waals surface area contributed by atoms with E-state index >= 15 is 0 Å². The van der Waals surface area contributed by atoms with Crippen LogP contribution in [-0.4, -0.2) is 0 Å². The maximum absolute atomic E-state index is 2.48. The Balaban J connectivity index is 1.53. The zero-order valence-electron chi connectivity index (χ0n) is 16.8. The van der Waals surface area contributed by atoms with E-state index in [9.17, 15) is 0 Å². The Morgan fingerprint density at radius 2 is 1.52 bits per heavy atom. The van der Waals surface area contributed by atoms with E-state index in [-0.39, 0.29) is 5.41 Å². The Hall–Kier alpha value is -2.42. The van der Waals surface area contributed by atoms with Gasteiger partial charge >= 0.3 is 0 Å². The fourth-order valence-electron chi connectivity index (χ4n) is 5.11. The number of hydrogen-bond donors (Lipinski definition) is 0. The Morgan fingerprint density at radius 3 is 2.21 bits per heavy atom. The van der Waals surface area contributed by atoms with Gasteiger partial charge in [0.15, 0.2) is 0 Å². The summed E-state index contributed by atoms with van der Waals surface area (Å²) in [6, 6.07) is 13.7. The predicted octanol–water partition coefficient (Wildman–Crippen LogP) is 8.04. The smallest absolute Gasteiger partial charge is 0.0345 e. The highest BCUT2D eigenvalue weighted by Gasteiger charge is 2.44. The summed E-state index contributed by atoms with van der Waals surface area (Å²) in [4.78, 5) is 5.47. The third-order valence-corrected chi connectivity index (χ3v) is 8.73. The molecule has 142 valence electrons. The van der Waals surface area contributed by atoms with Crippen molar-refractivity contribution >= 4 is 40.4 Å². The summed E-state index contributed by atoms with van der Waals surface area (Å²) in [6.45, 7) is 6.80. The minimum atomic E-state index is 0.0217. The van der Waals surface area contributed by atoms with E-state index in [0.29, 0.717) is 5.92 Å². The normalized spacial score (nSPS) is 23.6. The molecule has 0 spiro atoms. The van der Waals surface area contributed by atoms with E-state index < -0.39 is 0 Å². The molecule has 0 fully saturated rings. The minimum absolute atomic E-state index is 0.0217. The van der Waals surface area contributed by atoms with Crippen LogP contribution in [0.3, 0.4) is 0 Å². The van der Waals surface area contributed by atoms with Crippen LogP contribution >= 0.6 is 22.7 Å². The molecule has 1 aromatic carbocycles. The molecule has 0 saturated carbocycles. The summed E-state index contributed by atoms with van der Waals surface area (Å²) in [6.07, 6.45) is 14.4. The van der Waals surface area contributed by atoms with Crippen molar-refractivity contribution in [1.82, 2.24) is 0 Å². The molecule has 0 N–H and O–H groups in total. The van der Waals surface area contributed by atoms with E-state index in [0.717, 1.165) is 0 Å². The molecular formula is C27H22S2. The van der Waals surface area contributed by atoms with Crippen molar-refractivity contribution in [3.05, 3.63) is 97.6 Å². The molecule has 0 amide bonds. The van der Waals surface area contributed by atoms with Gasteiger partial charge in [-0.15, -0.1) is 22.7 Å². The summed E-state index contributed by atoms with van der Waals surface area (Å²) in [5.41, 5.74) is 8.41. The van der Waals surface area contributed by atoms with E-state index in [4.69, 9.17) is 0 Å². The van der Waals surface area contributed by atoms with Crippen LogP contribution in [0.2, 0.25) is 0 Å². The molecule has 0 saturated heterocycles. The van der Waals surface area contributed by atoms with Gasteiger partial charge in [-0.2, -0.15) is 0 Å². The zero-order valence-corrected chi connectivity index (χ0v) is 18.5. The highest BCUT2D eigenvalue weighted by molar-refractivity contribution is 7.15. The first-order chi connectivity index (χ1) is 14.0. The van der Waals surface area contributed by atoms with Crippen LogP contribution < -0.4 is 0 Å². The first kappa shape index (κ1) is 17.4. The Kier molecular flexibility index (Phi) is 3.63. The fraction of sp³-hybridized carbons (Fsp3) is 0.185. The van der Waals surface area contributed by atoms with Gasteiger partial charge in [-0.05, 0) is 89.7 Å². The number of allylic oxidation sites excluding steroid dienone is 6. The van der Waals surface area contributed by atoms with Crippen LogP contribution in [0.1, 0.15) is 38.2 Å². The van der Waals surface area contributed by atoms with Gasteiger partial charge in [0.25, 0.3) is 0 Å². The highest BCUT2D eigenvalue weighted by atomic mass is 32.1. The van der Waals surface area contributed by atoms with Crippen LogP contribution in [0.4, 0.5) is 0 Å². The Labute approximate surface area is 180 Å². The molecule has 3 aliphatic rings. The van der Waals surface area contributed by atoms with Crippen molar-refractivity contribution in [3.63, 3.8) is 0 Å². The number of thiophene rings is 2. The molecule has 0 aliphatic heterocycles. The first-order valence-corrected chi connectivity index (χ1v) is 11.8. The van der Waals surface area contributed by atoms with Gasteiger partial charge in [0.1, 0.15) is 0 Å². The Bertz CT molecular complexity index is 1290. The lowest BCUT2D eigenvalue weighted by Crippen LogP contribution is -2.38. The molecule has 2 heterocycles. The van der Waals surface area contributed by atoms with Gasteiger partial charge in [0.05, 0.1) is 0 Å². The minimum Gasteiger partial charge on any atom is -0.141 e. The number of aryl methyl sites for hydroxylation is 2. The quantitative estimate of drug-likeness (QED) is 0.401. The van der Waals surface area contributed by atoms with Gasteiger partial charge in [0, 0.05) is 30.8 Å². The summed E-state index contributed by atoms with van der Waals surface area (Å²) in [7, 11) is 0. The van der Waals surface area contributed by atoms with Gasteiger partial charge < -0.3 is 0 Å². The largest absolute Gasteiger partial charge is 0.141 e. The van der Waals surface area contributed by atoms with Crippen LogP contribution in [-0.2, 0) is 5.41 Å². The number of hydrogen-bond acceptors (Lipinski definition) is 2. The van der Waals surface area contributed by atoms with Crippen LogP contribution in [0, 0.1) is 19.8 Å². The lowest BCUT2D eigenvalue weighted by atomic mass is 9.57. The van der Waals surface area contributed by atoms with Crippen molar-refractivity contribution < 1.29 is 0 Å². The summed E-state index contributed by atoms with van der Waals surface area (Å²) < 4.78 is 0. The monoisotopic (exact) mass is 410 g/mol.